The van der Waals surface area contributed by atoms with Crippen molar-refractivity contribution in [1.29, 1.82) is 0 Å². The zero-order valence-corrected chi connectivity index (χ0v) is 18.8. The van der Waals surface area contributed by atoms with Crippen molar-refractivity contribution in [2.45, 2.75) is 58.2 Å². The normalized spacial score (nSPS) is 25.4. The molecule has 3 atom stereocenters. The first-order chi connectivity index (χ1) is 13.2. The predicted molar refractivity (Wildman–Crippen MR) is 117 cm³/mol. The maximum absolute atomic E-state index is 11.8. The molecule has 0 spiro atoms. The van der Waals surface area contributed by atoms with Crippen molar-refractivity contribution in [3.63, 3.8) is 0 Å². The summed E-state index contributed by atoms with van der Waals surface area (Å²) in [5.41, 5.74) is 0.482. The number of halogens is 2. The number of ketones is 1. The van der Waals surface area contributed by atoms with Crippen molar-refractivity contribution >= 4 is 35.0 Å². The van der Waals surface area contributed by atoms with Gasteiger partial charge >= 0.3 is 5.97 Å². The highest BCUT2D eigenvalue weighted by molar-refractivity contribution is 6.40. The Bertz CT molecular complexity index is 585. The lowest BCUT2D eigenvalue weighted by atomic mass is 9.75. The van der Waals surface area contributed by atoms with Gasteiger partial charge in [-0.3, -0.25) is 4.79 Å². The van der Waals surface area contributed by atoms with Crippen LogP contribution in [0, 0.1) is 5.92 Å². The van der Waals surface area contributed by atoms with Crippen molar-refractivity contribution in [3.05, 3.63) is 48.6 Å². The molecular weight excluding hydrogens is 399 g/mol. The number of alkyl halides is 2. The molecule has 0 amide bonds. The Morgan fingerprint density at radius 2 is 1.79 bits per heavy atom. The van der Waals surface area contributed by atoms with Gasteiger partial charge in [0.1, 0.15) is 5.60 Å². The van der Waals surface area contributed by atoms with Gasteiger partial charge in [0, 0.05) is 13.2 Å². The number of ether oxygens (including phenoxy) is 2. The van der Waals surface area contributed by atoms with Crippen LogP contribution in [0.25, 0.3) is 0 Å². The molecule has 0 heterocycles. The lowest BCUT2D eigenvalue weighted by Gasteiger charge is -2.42. The summed E-state index contributed by atoms with van der Waals surface area (Å²) in [4.78, 5) is 22.6. The first-order valence-corrected chi connectivity index (χ1v) is 10.3. The molecule has 0 bridgehead atoms. The van der Waals surface area contributed by atoms with E-state index in [4.69, 9.17) is 32.7 Å². The van der Waals surface area contributed by atoms with E-state index in [0.717, 1.165) is 31.3 Å². The fraction of sp³-hybridized carbons (Fsp3) is 0.545. The molecule has 0 radical (unpaired) electrons. The maximum Gasteiger partial charge on any atom is 0.331 e. The van der Waals surface area contributed by atoms with E-state index in [2.05, 4.69) is 30.9 Å². The van der Waals surface area contributed by atoms with E-state index in [1.54, 1.807) is 7.11 Å². The molecule has 0 aromatic rings. The van der Waals surface area contributed by atoms with Crippen LogP contribution in [-0.2, 0) is 19.1 Å². The molecule has 2 aliphatic rings. The molecule has 2 aliphatic carbocycles. The molecule has 0 aliphatic heterocycles. The van der Waals surface area contributed by atoms with E-state index in [1.807, 2.05) is 13.8 Å². The smallest absolute Gasteiger partial charge is 0.331 e. The fourth-order valence-electron chi connectivity index (χ4n) is 3.00. The summed E-state index contributed by atoms with van der Waals surface area (Å²) in [6.45, 7) is 9.28. The van der Waals surface area contributed by atoms with Gasteiger partial charge in [-0.1, -0.05) is 36.5 Å². The molecule has 6 heteroatoms. The van der Waals surface area contributed by atoms with Gasteiger partial charge in [-0.05, 0) is 58.4 Å². The molecule has 28 heavy (non-hydrogen) atoms. The molecule has 0 unspecified atom stereocenters. The summed E-state index contributed by atoms with van der Waals surface area (Å²) in [5.74, 6) is -0.278. The number of carbonyl (C=O) groups is 2. The van der Waals surface area contributed by atoms with Crippen LogP contribution in [0.2, 0.25) is 0 Å². The molecule has 4 nitrogen and oxygen atoms in total. The fourth-order valence-corrected chi connectivity index (χ4v) is 3.00. The Balaban J connectivity index is 0.000000755. The van der Waals surface area contributed by atoms with Crippen LogP contribution in [0.5, 0.6) is 0 Å². The second kappa shape index (κ2) is 14.6. The van der Waals surface area contributed by atoms with Crippen molar-refractivity contribution in [3.8, 4) is 0 Å². The number of allylic oxidation sites excluding steroid dienone is 6. The molecule has 1 fully saturated rings. The van der Waals surface area contributed by atoms with Gasteiger partial charge in [-0.15, -0.1) is 23.2 Å². The minimum absolute atomic E-state index is 0.160. The third-order valence-corrected chi connectivity index (χ3v) is 4.59. The molecule has 0 aromatic heterocycles. The Kier molecular flexibility index (Phi) is 13.9. The lowest BCUT2D eigenvalue weighted by molar-refractivity contribution is -0.176. The van der Waals surface area contributed by atoms with Gasteiger partial charge in [0.25, 0.3) is 0 Å². The summed E-state index contributed by atoms with van der Waals surface area (Å²) in [6, 6.07) is 0. The van der Waals surface area contributed by atoms with E-state index >= 15 is 0 Å². The van der Waals surface area contributed by atoms with E-state index in [1.165, 1.54) is 19.1 Å². The highest BCUT2D eigenvalue weighted by Crippen LogP contribution is 2.39. The van der Waals surface area contributed by atoms with Gasteiger partial charge < -0.3 is 9.47 Å². The van der Waals surface area contributed by atoms with Gasteiger partial charge in [-0.25, -0.2) is 4.79 Å². The van der Waals surface area contributed by atoms with Crippen molar-refractivity contribution in [2.75, 3.05) is 12.4 Å². The Labute approximate surface area is 179 Å². The first-order valence-electron chi connectivity index (χ1n) is 9.23. The van der Waals surface area contributed by atoms with Crippen LogP contribution in [0.1, 0.15) is 46.5 Å². The number of hydrogen-bond donors (Lipinski definition) is 0. The number of hydrogen-bond acceptors (Lipinski definition) is 4. The lowest BCUT2D eigenvalue weighted by Crippen LogP contribution is -2.49. The molecule has 1 saturated carbocycles. The van der Waals surface area contributed by atoms with E-state index < -0.39 is 11.6 Å². The topological polar surface area (TPSA) is 52.6 Å². The summed E-state index contributed by atoms with van der Waals surface area (Å²) in [7, 11) is 1.63. The maximum atomic E-state index is 11.8. The van der Waals surface area contributed by atoms with Gasteiger partial charge in [0.15, 0.2) is 5.78 Å². The monoisotopic (exact) mass is 430 g/mol. The highest BCUT2D eigenvalue weighted by Gasteiger charge is 2.43. The molecule has 2 rings (SSSR count). The summed E-state index contributed by atoms with van der Waals surface area (Å²) in [6.07, 6.45) is 14.2. The average Bonchev–Trinajstić information content (AvgIpc) is 3.20. The number of carbonyl (C=O) groups excluding carboxylic acids is 2. The van der Waals surface area contributed by atoms with Crippen molar-refractivity contribution in [1.82, 2.24) is 0 Å². The minimum Gasteiger partial charge on any atom is -0.453 e. The van der Waals surface area contributed by atoms with Crippen LogP contribution in [0.4, 0.5) is 0 Å². The second-order valence-electron chi connectivity index (χ2n) is 6.91. The molecule has 0 N–H and O–H groups in total. The summed E-state index contributed by atoms with van der Waals surface area (Å²) in [5, 5.41) is 0.194. The van der Waals surface area contributed by atoms with E-state index in [-0.39, 0.29) is 17.2 Å². The van der Waals surface area contributed by atoms with Gasteiger partial charge in [0.2, 0.25) is 0 Å². The Morgan fingerprint density at radius 3 is 2.18 bits per heavy atom. The van der Waals surface area contributed by atoms with Gasteiger partial charge in [-0.2, -0.15) is 0 Å². The van der Waals surface area contributed by atoms with E-state index in [0.29, 0.717) is 5.92 Å². The number of methoxy groups -OCH3 is 1. The van der Waals surface area contributed by atoms with Crippen LogP contribution in [0.3, 0.4) is 0 Å². The number of esters is 1. The highest BCUT2D eigenvalue weighted by atomic mass is 35.5. The summed E-state index contributed by atoms with van der Waals surface area (Å²) >= 11 is 9.53. The average molecular weight is 431 g/mol. The predicted octanol–water partition coefficient (Wildman–Crippen LogP) is 5.75. The minimum atomic E-state index is -0.654. The van der Waals surface area contributed by atoms with Crippen molar-refractivity contribution < 1.29 is 19.1 Å². The largest absolute Gasteiger partial charge is 0.453 e. The van der Waals surface area contributed by atoms with Crippen LogP contribution in [0.15, 0.2) is 48.6 Å². The molecule has 0 aromatic carbocycles. The molecule has 158 valence electrons. The van der Waals surface area contributed by atoms with Crippen LogP contribution >= 0.6 is 23.2 Å². The zero-order chi connectivity index (χ0) is 21.6. The third-order valence-electron chi connectivity index (χ3n) is 4.59. The Morgan fingerprint density at radius 1 is 1.21 bits per heavy atom. The van der Waals surface area contributed by atoms with Crippen LogP contribution < -0.4 is 0 Å². The molecular formula is C22H32Cl2O4. The second-order valence-corrected chi connectivity index (χ2v) is 7.72. The Hall–Kier alpha value is -1.36. The third kappa shape index (κ3) is 10.8. The van der Waals surface area contributed by atoms with Crippen LogP contribution in [-0.4, -0.2) is 35.9 Å². The zero-order valence-electron chi connectivity index (χ0n) is 17.3. The van der Waals surface area contributed by atoms with Gasteiger partial charge in [0.05, 0.1) is 11.4 Å². The number of rotatable bonds is 5. The summed E-state index contributed by atoms with van der Waals surface area (Å²) < 4.78 is 11.0. The van der Waals surface area contributed by atoms with E-state index in [9.17, 15) is 9.59 Å². The first kappa shape index (κ1) is 26.6. The molecule has 0 saturated heterocycles. The van der Waals surface area contributed by atoms with Crippen molar-refractivity contribution in [2.24, 2.45) is 5.92 Å². The quantitative estimate of drug-likeness (QED) is 0.241. The SMILES string of the molecule is C1=CCC=C1.C=C(C)[C@@H]1CC[C@](C)(OC(=O)/C=C\C(C)=O)[C@@H](OC)C1.ClCCl. The standard InChI is InChI=1S/C16H24O4.C5H6.CH2Cl2/c1-11(2)13-8-9-16(4,14(10-13)19-5)20-15(18)7-6-12(3)17;1-2-4-5-3-1;2-1-3/h6-7,13-14H,1,8-10H2,2-5H3;1-4H,5H2;1H2/b7-6-;;/t13-,14+,16+;;/m1../s1.